The van der Waals surface area contributed by atoms with Gasteiger partial charge in [-0.05, 0) is 24.1 Å². The number of halogens is 1. The first kappa shape index (κ1) is 11.7. The highest BCUT2D eigenvalue weighted by Gasteiger charge is 2.07. The van der Waals surface area contributed by atoms with Crippen LogP contribution in [0.5, 0.6) is 0 Å². The Hall–Kier alpha value is -1.35. The van der Waals surface area contributed by atoms with Crippen LogP contribution in [0.3, 0.4) is 0 Å². The summed E-state index contributed by atoms with van der Waals surface area (Å²) in [5.41, 5.74) is 2.02. The Labute approximate surface area is 93.0 Å². The van der Waals surface area contributed by atoms with E-state index in [1.165, 1.54) is 0 Å². The smallest absolute Gasteiger partial charge is 0.314 e. The first-order valence-corrected chi connectivity index (χ1v) is 4.85. The Morgan fingerprint density at radius 2 is 1.87 bits per heavy atom. The molecular formula is C11H11ClO3. The number of carbonyl (C=O) groups excluding carboxylic acids is 2. The number of benzene rings is 1. The van der Waals surface area contributed by atoms with Gasteiger partial charge in [-0.15, -0.1) is 0 Å². The second-order valence-electron chi connectivity index (χ2n) is 3.18. The van der Waals surface area contributed by atoms with Crippen LogP contribution in [0, 0.1) is 6.92 Å². The highest BCUT2D eigenvalue weighted by molar-refractivity contribution is 6.64. The van der Waals surface area contributed by atoms with Crippen molar-refractivity contribution in [1.82, 2.24) is 0 Å². The van der Waals surface area contributed by atoms with Crippen molar-refractivity contribution in [3.05, 3.63) is 35.4 Å². The Bertz CT molecular complexity index is 357. The predicted molar refractivity (Wildman–Crippen MR) is 56.5 cm³/mol. The summed E-state index contributed by atoms with van der Waals surface area (Å²) >= 11 is 5.04. The molecule has 0 spiro atoms. The fourth-order valence-corrected chi connectivity index (χ4v) is 1.12. The number of esters is 1. The molecule has 0 saturated heterocycles. The molecule has 4 heteroatoms. The van der Waals surface area contributed by atoms with Crippen LogP contribution < -0.4 is 0 Å². The first-order valence-electron chi connectivity index (χ1n) is 4.47. The fraction of sp³-hybridized carbons (Fsp3) is 0.273. The molecule has 0 amide bonds. The quantitative estimate of drug-likeness (QED) is 0.449. The standard InChI is InChI=1S/C11H11ClO3/c1-8-2-4-9(5-3-8)7-15-11(14)6-10(12)13/h2-5H,6-7H2,1H3. The lowest BCUT2D eigenvalue weighted by Crippen LogP contribution is -2.07. The van der Waals surface area contributed by atoms with Gasteiger partial charge in [0.1, 0.15) is 13.0 Å². The molecule has 0 aliphatic rings. The maximum absolute atomic E-state index is 11.0. The monoisotopic (exact) mass is 226 g/mol. The van der Waals surface area contributed by atoms with Crippen molar-refractivity contribution >= 4 is 22.8 Å². The van der Waals surface area contributed by atoms with Crippen LogP contribution in [0.25, 0.3) is 0 Å². The summed E-state index contributed by atoms with van der Waals surface area (Å²) in [6.45, 7) is 2.14. The Morgan fingerprint density at radius 3 is 2.40 bits per heavy atom. The normalized spacial score (nSPS) is 9.73. The van der Waals surface area contributed by atoms with E-state index in [2.05, 4.69) is 0 Å². The van der Waals surface area contributed by atoms with E-state index in [-0.39, 0.29) is 13.0 Å². The van der Waals surface area contributed by atoms with Crippen molar-refractivity contribution < 1.29 is 14.3 Å². The van der Waals surface area contributed by atoms with Gasteiger partial charge in [-0.2, -0.15) is 0 Å². The average molecular weight is 227 g/mol. The van der Waals surface area contributed by atoms with Crippen molar-refractivity contribution in [2.24, 2.45) is 0 Å². The van der Waals surface area contributed by atoms with Gasteiger partial charge in [0.2, 0.25) is 5.24 Å². The van der Waals surface area contributed by atoms with Gasteiger partial charge in [0.25, 0.3) is 0 Å². The summed E-state index contributed by atoms with van der Waals surface area (Å²) in [7, 11) is 0. The molecule has 1 aromatic rings. The third-order valence-corrected chi connectivity index (χ3v) is 1.94. The molecule has 0 heterocycles. The van der Waals surface area contributed by atoms with Crippen LogP contribution >= 0.6 is 11.6 Å². The largest absolute Gasteiger partial charge is 0.460 e. The highest BCUT2D eigenvalue weighted by Crippen LogP contribution is 2.05. The van der Waals surface area contributed by atoms with Crippen molar-refractivity contribution in [3.8, 4) is 0 Å². The molecule has 0 aliphatic carbocycles. The van der Waals surface area contributed by atoms with Crippen LogP contribution in [0.4, 0.5) is 0 Å². The minimum atomic E-state index is -0.705. The van der Waals surface area contributed by atoms with Crippen LogP contribution in [0.15, 0.2) is 24.3 Å². The predicted octanol–water partition coefficient (Wildman–Crippen LogP) is 2.19. The van der Waals surface area contributed by atoms with Crippen LogP contribution in [-0.2, 0) is 20.9 Å². The van der Waals surface area contributed by atoms with Gasteiger partial charge in [0.15, 0.2) is 0 Å². The summed E-state index contributed by atoms with van der Waals surface area (Å²) in [6.07, 6.45) is -0.382. The molecule has 0 unspecified atom stereocenters. The van der Waals surface area contributed by atoms with Gasteiger partial charge in [0, 0.05) is 0 Å². The van der Waals surface area contributed by atoms with Crippen molar-refractivity contribution in [1.29, 1.82) is 0 Å². The van der Waals surface area contributed by atoms with Crippen molar-refractivity contribution in [2.75, 3.05) is 0 Å². The summed E-state index contributed by atoms with van der Waals surface area (Å²) in [5, 5.41) is -0.705. The van der Waals surface area contributed by atoms with E-state index in [0.717, 1.165) is 11.1 Å². The molecule has 15 heavy (non-hydrogen) atoms. The van der Waals surface area contributed by atoms with Crippen molar-refractivity contribution in [2.45, 2.75) is 20.0 Å². The lowest BCUT2D eigenvalue weighted by molar-refractivity contribution is -0.146. The van der Waals surface area contributed by atoms with E-state index in [1.807, 2.05) is 31.2 Å². The highest BCUT2D eigenvalue weighted by atomic mass is 35.5. The minimum absolute atomic E-state index is 0.170. The second-order valence-corrected chi connectivity index (χ2v) is 3.60. The fourth-order valence-electron chi connectivity index (χ4n) is 1.01. The SMILES string of the molecule is Cc1ccc(COC(=O)CC(=O)Cl)cc1. The van der Waals surface area contributed by atoms with Gasteiger partial charge < -0.3 is 4.74 Å². The number of carbonyl (C=O) groups is 2. The van der Waals surface area contributed by atoms with Crippen LogP contribution in [0.2, 0.25) is 0 Å². The summed E-state index contributed by atoms with van der Waals surface area (Å²) < 4.78 is 4.83. The van der Waals surface area contributed by atoms with E-state index >= 15 is 0 Å². The average Bonchev–Trinajstić information content (AvgIpc) is 2.16. The van der Waals surface area contributed by atoms with E-state index in [4.69, 9.17) is 16.3 Å². The van der Waals surface area contributed by atoms with E-state index < -0.39 is 11.2 Å². The zero-order valence-corrected chi connectivity index (χ0v) is 9.08. The van der Waals surface area contributed by atoms with Gasteiger partial charge in [-0.1, -0.05) is 29.8 Å². The van der Waals surface area contributed by atoms with Gasteiger partial charge in [0.05, 0.1) is 0 Å². The number of rotatable bonds is 4. The molecule has 0 aromatic heterocycles. The molecule has 0 aliphatic heterocycles. The molecule has 0 fully saturated rings. The maximum Gasteiger partial charge on any atom is 0.314 e. The van der Waals surface area contributed by atoms with Gasteiger partial charge in [-0.25, -0.2) is 0 Å². The zero-order valence-electron chi connectivity index (χ0n) is 8.33. The molecule has 0 radical (unpaired) electrons. The minimum Gasteiger partial charge on any atom is -0.460 e. The van der Waals surface area contributed by atoms with Crippen LogP contribution in [-0.4, -0.2) is 11.2 Å². The van der Waals surface area contributed by atoms with Crippen molar-refractivity contribution in [3.63, 3.8) is 0 Å². The molecule has 1 aromatic carbocycles. The second kappa shape index (κ2) is 5.51. The zero-order chi connectivity index (χ0) is 11.3. The molecular weight excluding hydrogens is 216 g/mol. The van der Waals surface area contributed by atoms with E-state index in [9.17, 15) is 9.59 Å². The lowest BCUT2D eigenvalue weighted by atomic mass is 10.2. The van der Waals surface area contributed by atoms with Gasteiger partial charge >= 0.3 is 5.97 Å². The molecule has 0 atom stereocenters. The summed E-state index contributed by atoms with van der Waals surface area (Å²) in [6, 6.07) is 7.59. The van der Waals surface area contributed by atoms with Gasteiger partial charge in [-0.3, -0.25) is 9.59 Å². The Balaban J connectivity index is 2.40. The molecule has 1 rings (SSSR count). The third-order valence-electron chi connectivity index (χ3n) is 1.80. The number of ether oxygens (including phenoxy) is 1. The Kier molecular flexibility index (Phi) is 4.31. The molecule has 0 bridgehead atoms. The van der Waals surface area contributed by atoms with Crippen LogP contribution in [0.1, 0.15) is 17.5 Å². The lowest BCUT2D eigenvalue weighted by Gasteiger charge is -2.03. The maximum atomic E-state index is 11.0. The Morgan fingerprint density at radius 1 is 1.27 bits per heavy atom. The summed E-state index contributed by atoms with van der Waals surface area (Å²) in [4.78, 5) is 21.3. The molecule has 80 valence electrons. The molecule has 0 saturated carbocycles. The number of hydrogen-bond acceptors (Lipinski definition) is 3. The van der Waals surface area contributed by atoms with E-state index in [1.54, 1.807) is 0 Å². The summed E-state index contributed by atoms with van der Waals surface area (Å²) in [5.74, 6) is -0.601. The molecule has 0 N–H and O–H groups in total. The topological polar surface area (TPSA) is 43.4 Å². The number of aryl methyl sites for hydroxylation is 1. The van der Waals surface area contributed by atoms with E-state index in [0.29, 0.717) is 0 Å². The third kappa shape index (κ3) is 4.61. The molecule has 3 nitrogen and oxygen atoms in total. The number of hydrogen-bond donors (Lipinski definition) is 0. The first-order chi connectivity index (χ1) is 7.08.